The fraction of sp³-hybridized carbons (Fsp3) is 0.348. The van der Waals surface area contributed by atoms with Crippen molar-refractivity contribution in [1.82, 2.24) is 4.31 Å². The molecule has 1 N–H and O–H groups in total. The average Bonchev–Trinajstić information content (AvgIpc) is 3.38. The highest BCUT2D eigenvalue weighted by atomic mass is 32.2. The molecule has 10 heteroatoms. The maximum Gasteiger partial charge on any atom is 0.337 e. The first-order chi connectivity index (χ1) is 15.7. The summed E-state index contributed by atoms with van der Waals surface area (Å²) in [5.74, 6) is -1.64. The first-order valence-corrected chi connectivity index (χ1v) is 11.9. The fourth-order valence-electron chi connectivity index (χ4n) is 3.56. The Morgan fingerprint density at radius 2 is 1.45 bits per heavy atom. The Morgan fingerprint density at radius 3 is 1.97 bits per heavy atom. The van der Waals surface area contributed by atoms with E-state index in [0.29, 0.717) is 19.5 Å². The van der Waals surface area contributed by atoms with E-state index in [1.54, 1.807) is 24.3 Å². The average molecular weight is 475 g/mol. The first-order valence-electron chi connectivity index (χ1n) is 10.5. The molecular formula is C23H26N2O7S. The summed E-state index contributed by atoms with van der Waals surface area (Å²) in [6.07, 6.45) is 2.25. The van der Waals surface area contributed by atoms with E-state index in [1.807, 2.05) is 0 Å². The molecule has 0 spiro atoms. The Bertz CT molecular complexity index is 1100. The summed E-state index contributed by atoms with van der Waals surface area (Å²) in [5, 5.41) is 2.67. The molecule has 9 nitrogen and oxygen atoms in total. The van der Waals surface area contributed by atoms with Crippen molar-refractivity contribution in [2.75, 3.05) is 32.6 Å². The number of aryl methyl sites for hydroxylation is 1. The second-order valence-electron chi connectivity index (χ2n) is 7.59. The Kier molecular flexibility index (Phi) is 7.83. The summed E-state index contributed by atoms with van der Waals surface area (Å²) in [6, 6.07) is 10.7. The molecule has 176 valence electrons. The van der Waals surface area contributed by atoms with Gasteiger partial charge in [-0.1, -0.05) is 12.1 Å². The van der Waals surface area contributed by atoms with Crippen LogP contribution < -0.4 is 5.32 Å². The summed E-state index contributed by atoms with van der Waals surface area (Å²) >= 11 is 0. The molecule has 0 unspecified atom stereocenters. The number of hydrogen-bond acceptors (Lipinski definition) is 7. The normalized spacial score (nSPS) is 14.0. The molecule has 1 fully saturated rings. The van der Waals surface area contributed by atoms with Crippen LogP contribution in [-0.2, 0) is 30.7 Å². The number of anilines is 1. The first kappa shape index (κ1) is 24.4. The van der Waals surface area contributed by atoms with Gasteiger partial charge in [0.05, 0.1) is 30.2 Å². The van der Waals surface area contributed by atoms with Crippen LogP contribution in [0.1, 0.15) is 45.5 Å². The van der Waals surface area contributed by atoms with Crippen molar-refractivity contribution in [2.24, 2.45) is 0 Å². The largest absolute Gasteiger partial charge is 0.465 e. The maximum absolute atomic E-state index is 12.6. The number of nitrogens with one attached hydrogen (secondary N) is 1. The third kappa shape index (κ3) is 5.96. The third-order valence-corrected chi connectivity index (χ3v) is 7.24. The minimum atomic E-state index is -3.48. The van der Waals surface area contributed by atoms with Gasteiger partial charge in [0.25, 0.3) is 0 Å². The fourth-order valence-corrected chi connectivity index (χ4v) is 5.08. The summed E-state index contributed by atoms with van der Waals surface area (Å²) in [5.41, 5.74) is 1.27. The Labute approximate surface area is 192 Å². The van der Waals surface area contributed by atoms with Crippen LogP contribution in [0.2, 0.25) is 0 Å². The van der Waals surface area contributed by atoms with Gasteiger partial charge in [-0.15, -0.1) is 0 Å². The Hall–Kier alpha value is -3.24. The molecular weight excluding hydrogens is 448 g/mol. The van der Waals surface area contributed by atoms with E-state index in [9.17, 15) is 22.8 Å². The molecule has 0 aromatic heterocycles. The van der Waals surface area contributed by atoms with Gasteiger partial charge < -0.3 is 14.8 Å². The van der Waals surface area contributed by atoms with Crippen molar-refractivity contribution in [3.05, 3.63) is 59.2 Å². The number of amides is 1. The summed E-state index contributed by atoms with van der Waals surface area (Å²) < 4.78 is 36.1. The van der Waals surface area contributed by atoms with Gasteiger partial charge in [-0.25, -0.2) is 18.0 Å². The summed E-state index contributed by atoms with van der Waals surface area (Å²) in [4.78, 5) is 36.4. The van der Waals surface area contributed by atoms with E-state index in [-0.39, 0.29) is 34.0 Å². The number of methoxy groups -OCH3 is 2. The van der Waals surface area contributed by atoms with Gasteiger partial charge in [-0.2, -0.15) is 4.31 Å². The van der Waals surface area contributed by atoms with Crippen LogP contribution in [0.3, 0.4) is 0 Å². The van der Waals surface area contributed by atoms with Gasteiger partial charge in [0, 0.05) is 25.2 Å². The topological polar surface area (TPSA) is 119 Å². The summed E-state index contributed by atoms with van der Waals surface area (Å²) in [6.45, 7) is 1.08. The van der Waals surface area contributed by atoms with Crippen molar-refractivity contribution in [3.8, 4) is 0 Å². The van der Waals surface area contributed by atoms with Crippen LogP contribution in [-0.4, -0.2) is 57.9 Å². The molecule has 0 radical (unpaired) electrons. The van der Waals surface area contributed by atoms with Gasteiger partial charge in [-0.05, 0) is 55.2 Å². The standard InChI is InChI=1S/C23H26N2O7S/c1-31-22(27)17-13-18(23(28)32-2)15-19(14-17)24-21(26)10-7-16-5-8-20(9-6-16)33(29,30)25-11-3-4-12-25/h5-6,8-9,13-15H,3-4,7,10-12H2,1-2H3,(H,24,26). The van der Waals surface area contributed by atoms with Crippen LogP contribution in [0.5, 0.6) is 0 Å². The number of benzene rings is 2. The number of sulfonamides is 1. The number of ether oxygens (including phenoxy) is 2. The zero-order valence-electron chi connectivity index (χ0n) is 18.5. The monoisotopic (exact) mass is 474 g/mol. The van der Waals surface area contributed by atoms with Crippen molar-refractivity contribution >= 4 is 33.6 Å². The van der Waals surface area contributed by atoms with E-state index in [4.69, 9.17) is 0 Å². The summed E-state index contributed by atoms with van der Waals surface area (Å²) in [7, 11) is -1.05. The van der Waals surface area contributed by atoms with Gasteiger partial charge in [-0.3, -0.25) is 4.79 Å². The number of hydrogen-bond donors (Lipinski definition) is 1. The molecule has 1 heterocycles. The van der Waals surface area contributed by atoms with Crippen LogP contribution >= 0.6 is 0 Å². The molecule has 1 aliphatic rings. The quantitative estimate of drug-likeness (QED) is 0.584. The van der Waals surface area contributed by atoms with Crippen molar-refractivity contribution in [2.45, 2.75) is 30.6 Å². The minimum Gasteiger partial charge on any atom is -0.465 e. The van der Waals surface area contributed by atoms with E-state index < -0.39 is 22.0 Å². The molecule has 0 aliphatic carbocycles. The lowest BCUT2D eigenvalue weighted by atomic mass is 10.1. The smallest absolute Gasteiger partial charge is 0.337 e. The highest BCUT2D eigenvalue weighted by molar-refractivity contribution is 7.89. The van der Waals surface area contributed by atoms with Gasteiger partial charge in [0.1, 0.15) is 0 Å². The number of esters is 2. The molecule has 1 saturated heterocycles. The second kappa shape index (κ2) is 10.6. The lowest BCUT2D eigenvalue weighted by molar-refractivity contribution is -0.116. The van der Waals surface area contributed by atoms with Crippen molar-refractivity contribution in [3.63, 3.8) is 0 Å². The minimum absolute atomic E-state index is 0.102. The van der Waals surface area contributed by atoms with E-state index in [2.05, 4.69) is 14.8 Å². The Morgan fingerprint density at radius 1 is 0.909 bits per heavy atom. The number of carbonyl (C=O) groups excluding carboxylic acids is 3. The lowest BCUT2D eigenvalue weighted by Gasteiger charge is -2.15. The van der Waals surface area contributed by atoms with E-state index >= 15 is 0 Å². The lowest BCUT2D eigenvalue weighted by Crippen LogP contribution is -2.27. The highest BCUT2D eigenvalue weighted by Gasteiger charge is 2.26. The van der Waals surface area contributed by atoms with Crippen LogP contribution in [0, 0.1) is 0 Å². The molecule has 3 rings (SSSR count). The molecule has 1 aliphatic heterocycles. The zero-order valence-corrected chi connectivity index (χ0v) is 19.3. The van der Waals surface area contributed by atoms with Gasteiger partial charge in [0.2, 0.25) is 15.9 Å². The highest BCUT2D eigenvalue weighted by Crippen LogP contribution is 2.22. The number of nitrogens with zero attached hydrogens (tertiary/aromatic N) is 1. The molecule has 2 aromatic carbocycles. The third-order valence-electron chi connectivity index (χ3n) is 5.33. The van der Waals surface area contributed by atoms with Crippen LogP contribution in [0.15, 0.2) is 47.4 Å². The van der Waals surface area contributed by atoms with Crippen molar-refractivity contribution < 1.29 is 32.3 Å². The molecule has 0 atom stereocenters. The van der Waals surface area contributed by atoms with Crippen molar-refractivity contribution in [1.29, 1.82) is 0 Å². The Balaban J connectivity index is 1.64. The van der Waals surface area contributed by atoms with Gasteiger partial charge in [0.15, 0.2) is 0 Å². The predicted molar refractivity (Wildman–Crippen MR) is 121 cm³/mol. The number of rotatable bonds is 8. The zero-order chi connectivity index (χ0) is 24.0. The van der Waals surface area contributed by atoms with E-state index in [1.165, 1.54) is 36.7 Å². The molecule has 0 saturated carbocycles. The van der Waals surface area contributed by atoms with E-state index in [0.717, 1.165) is 18.4 Å². The van der Waals surface area contributed by atoms with Gasteiger partial charge >= 0.3 is 11.9 Å². The maximum atomic E-state index is 12.6. The molecule has 2 aromatic rings. The van der Waals surface area contributed by atoms with Crippen LogP contribution in [0.25, 0.3) is 0 Å². The predicted octanol–water partition coefficient (Wildman–Crippen LogP) is 2.62. The number of carbonyl (C=O) groups is 3. The molecule has 0 bridgehead atoms. The SMILES string of the molecule is COC(=O)c1cc(NC(=O)CCc2ccc(S(=O)(=O)N3CCCC3)cc2)cc(C(=O)OC)c1. The molecule has 33 heavy (non-hydrogen) atoms. The van der Waals surface area contributed by atoms with Crippen LogP contribution in [0.4, 0.5) is 5.69 Å². The molecule has 1 amide bonds. The second-order valence-corrected chi connectivity index (χ2v) is 9.52.